The van der Waals surface area contributed by atoms with Crippen molar-refractivity contribution in [2.45, 2.75) is 11.4 Å². The number of carbonyl (C=O) groups is 2. The number of aromatic nitrogens is 2. The minimum Gasteiger partial charge on any atom is -0.480 e. The van der Waals surface area contributed by atoms with Gasteiger partial charge in [0.05, 0.1) is 22.1 Å². The SMILES string of the molecule is O=C(O)CN1Cc2sc(NC(=O)c3ccc(-n4cccn4)cc3)cc2S1(=O)=O. The van der Waals surface area contributed by atoms with Crippen molar-refractivity contribution in [1.82, 2.24) is 14.1 Å². The highest BCUT2D eigenvalue weighted by atomic mass is 32.2. The number of sulfonamides is 1. The summed E-state index contributed by atoms with van der Waals surface area (Å²) in [6.07, 6.45) is 3.44. The third-order valence-corrected chi connectivity index (χ3v) is 7.18. The Morgan fingerprint density at radius 2 is 2.00 bits per heavy atom. The lowest BCUT2D eigenvalue weighted by molar-refractivity contribution is -0.137. The number of hydrogen-bond acceptors (Lipinski definition) is 6. The summed E-state index contributed by atoms with van der Waals surface area (Å²) < 4.78 is 27.3. The lowest BCUT2D eigenvalue weighted by Crippen LogP contribution is -2.30. The van der Waals surface area contributed by atoms with Gasteiger partial charge in [-0.2, -0.15) is 9.40 Å². The molecule has 28 heavy (non-hydrogen) atoms. The Morgan fingerprint density at radius 1 is 1.25 bits per heavy atom. The topological polar surface area (TPSA) is 122 Å². The molecule has 0 radical (unpaired) electrons. The molecule has 144 valence electrons. The number of nitrogens with zero attached hydrogens (tertiary/aromatic N) is 3. The lowest BCUT2D eigenvalue weighted by Gasteiger charge is -2.11. The van der Waals surface area contributed by atoms with Crippen LogP contribution in [0.1, 0.15) is 15.2 Å². The fourth-order valence-electron chi connectivity index (χ4n) is 2.85. The molecule has 1 aromatic carbocycles. The summed E-state index contributed by atoms with van der Waals surface area (Å²) in [7, 11) is -3.85. The van der Waals surface area contributed by atoms with Crippen molar-refractivity contribution in [3.05, 3.63) is 59.2 Å². The summed E-state index contributed by atoms with van der Waals surface area (Å²) in [5.41, 5.74) is 1.22. The van der Waals surface area contributed by atoms with E-state index in [-0.39, 0.29) is 17.3 Å². The largest absolute Gasteiger partial charge is 0.480 e. The first-order valence-electron chi connectivity index (χ1n) is 8.11. The van der Waals surface area contributed by atoms with Crippen LogP contribution >= 0.6 is 11.3 Å². The Kier molecular flexibility index (Phi) is 4.49. The van der Waals surface area contributed by atoms with E-state index in [9.17, 15) is 18.0 Å². The number of carbonyl (C=O) groups excluding carboxylic acids is 1. The molecule has 0 spiro atoms. The highest BCUT2D eigenvalue weighted by Gasteiger charge is 2.38. The van der Waals surface area contributed by atoms with E-state index in [1.54, 1.807) is 47.4 Å². The van der Waals surface area contributed by atoms with Crippen LogP contribution in [0.2, 0.25) is 0 Å². The average molecular weight is 418 g/mol. The quantitative estimate of drug-likeness (QED) is 0.651. The number of thiophene rings is 1. The van der Waals surface area contributed by atoms with Gasteiger partial charge in [-0.1, -0.05) is 0 Å². The van der Waals surface area contributed by atoms with Crippen LogP contribution in [0, 0.1) is 0 Å². The fourth-order valence-corrected chi connectivity index (χ4v) is 5.89. The molecule has 1 amide bonds. The molecule has 4 rings (SSSR count). The number of aliphatic carboxylic acids is 1. The van der Waals surface area contributed by atoms with Crippen molar-refractivity contribution >= 4 is 38.2 Å². The molecule has 2 aromatic heterocycles. The first-order chi connectivity index (χ1) is 13.3. The van der Waals surface area contributed by atoms with Gasteiger partial charge in [0, 0.05) is 22.8 Å². The maximum Gasteiger partial charge on any atom is 0.318 e. The number of nitrogens with one attached hydrogen (secondary N) is 1. The third-order valence-electron chi connectivity index (χ3n) is 4.15. The van der Waals surface area contributed by atoms with Crippen LogP contribution in [0.15, 0.2) is 53.7 Å². The molecule has 0 aliphatic carbocycles. The maximum absolute atomic E-state index is 12.4. The van der Waals surface area contributed by atoms with E-state index in [0.29, 0.717) is 15.4 Å². The second-order valence-electron chi connectivity index (χ2n) is 6.02. The Hall–Kier alpha value is -3.02. The van der Waals surface area contributed by atoms with Crippen LogP contribution in [-0.2, 0) is 21.4 Å². The van der Waals surface area contributed by atoms with Crippen LogP contribution in [0.25, 0.3) is 5.69 Å². The van der Waals surface area contributed by atoms with Crippen molar-refractivity contribution in [1.29, 1.82) is 0 Å². The molecule has 3 heterocycles. The highest BCUT2D eigenvalue weighted by Crippen LogP contribution is 2.39. The number of carboxylic acid groups (broad SMARTS) is 1. The average Bonchev–Trinajstić information content (AvgIpc) is 3.35. The van der Waals surface area contributed by atoms with Crippen molar-refractivity contribution in [3.8, 4) is 5.69 Å². The highest BCUT2D eigenvalue weighted by molar-refractivity contribution is 7.89. The number of amides is 1. The molecule has 0 fully saturated rings. The molecular weight excluding hydrogens is 404 g/mol. The van der Waals surface area contributed by atoms with E-state index in [1.165, 1.54) is 6.07 Å². The fraction of sp³-hybridized carbons (Fsp3) is 0.118. The van der Waals surface area contributed by atoms with Crippen molar-refractivity contribution < 1.29 is 23.1 Å². The number of carboxylic acids is 1. The van der Waals surface area contributed by atoms with E-state index in [0.717, 1.165) is 21.3 Å². The molecule has 2 N–H and O–H groups in total. The van der Waals surface area contributed by atoms with E-state index >= 15 is 0 Å². The number of fused-ring (bicyclic) bond motifs is 1. The van der Waals surface area contributed by atoms with Crippen molar-refractivity contribution in [3.63, 3.8) is 0 Å². The summed E-state index contributed by atoms with van der Waals surface area (Å²) >= 11 is 1.12. The Bertz CT molecular complexity index is 1150. The van der Waals surface area contributed by atoms with Gasteiger partial charge in [-0.3, -0.25) is 9.59 Å². The van der Waals surface area contributed by atoms with Gasteiger partial charge < -0.3 is 10.4 Å². The summed E-state index contributed by atoms with van der Waals surface area (Å²) in [5.74, 6) is -1.59. The van der Waals surface area contributed by atoms with Crippen LogP contribution in [-0.4, -0.2) is 46.0 Å². The summed E-state index contributed by atoms with van der Waals surface area (Å²) in [4.78, 5) is 23.8. The van der Waals surface area contributed by atoms with Gasteiger partial charge in [0.15, 0.2) is 0 Å². The Labute approximate surface area is 163 Å². The van der Waals surface area contributed by atoms with E-state index in [1.807, 2.05) is 0 Å². The summed E-state index contributed by atoms with van der Waals surface area (Å²) in [6.45, 7) is -0.600. The van der Waals surface area contributed by atoms with E-state index < -0.39 is 22.5 Å². The van der Waals surface area contributed by atoms with E-state index in [4.69, 9.17) is 5.11 Å². The molecule has 0 saturated heterocycles. The number of anilines is 1. The first kappa shape index (κ1) is 18.3. The van der Waals surface area contributed by atoms with Gasteiger partial charge >= 0.3 is 5.97 Å². The van der Waals surface area contributed by atoms with Crippen LogP contribution in [0.4, 0.5) is 5.00 Å². The minimum absolute atomic E-state index is 0.0108. The zero-order valence-electron chi connectivity index (χ0n) is 14.3. The Morgan fingerprint density at radius 3 is 2.61 bits per heavy atom. The molecule has 11 heteroatoms. The molecule has 0 saturated carbocycles. The predicted octanol–water partition coefficient (Wildman–Crippen LogP) is 1.77. The van der Waals surface area contributed by atoms with Crippen LogP contribution in [0.5, 0.6) is 0 Å². The summed E-state index contributed by atoms with van der Waals surface area (Å²) in [5, 5.41) is 16.0. The standard InChI is InChI=1S/C17H14N4O5S2/c22-16(23)10-20-9-13-14(28(20,25)26)8-15(27-13)19-17(24)11-2-4-12(5-3-11)21-7-1-6-18-21/h1-8H,9-10H2,(H,19,24)(H,22,23). The van der Waals surface area contributed by atoms with Crippen LogP contribution in [0.3, 0.4) is 0 Å². The smallest absolute Gasteiger partial charge is 0.318 e. The molecule has 1 aliphatic rings. The van der Waals surface area contributed by atoms with Crippen molar-refractivity contribution in [2.75, 3.05) is 11.9 Å². The maximum atomic E-state index is 12.4. The number of hydrogen-bond donors (Lipinski definition) is 2. The molecule has 1 aliphatic heterocycles. The number of benzene rings is 1. The molecule has 0 unspecified atom stereocenters. The lowest BCUT2D eigenvalue weighted by atomic mass is 10.2. The molecule has 3 aromatic rings. The molecule has 0 atom stereocenters. The normalized spacial score (nSPS) is 15.3. The van der Waals surface area contributed by atoms with Gasteiger partial charge in [0.1, 0.15) is 6.54 Å². The zero-order valence-corrected chi connectivity index (χ0v) is 15.9. The molecule has 9 nitrogen and oxygen atoms in total. The third kappa shape index (κ3) is 3.30. The van der Waals surface area contributed by atoms with Crippen LogP contribution < -0.4 is 5.32 Å². The van der Waals surface area contributed by atoms with Gasteiger partial charge in [-0.05, 0) is 36.4 Å². The second-order valence-corrected chi connectivity index (χ2v) is 9.06. The summed E-state index contributed by atoms with van der Waals surface area (Å²) in [6, 6.07) is 9.97. The predicted molar refractivity (Wildman–Crippen MR) is 101 cm³/mol. The first-order valence-corrected chi connectivity index (χ1v) is 10.4. The van der Waals surface area contributed by atoms with Gasteiger partial charge in [-0.25, -0.2) is 13.1 Å². The van der Waals surface area contributed by atoms with Gasteiger partial charge in [-0.15, -0.1) is 11.3 Å². The van der Waals surface area contributed by atoms with Gasteiger partial charge in [0.25, 0.3) is 5.91 Å². The molecular formula is C17H14N4O5S2. The minimum atomic E-state index is -3.85. The molecule has 0 bridgehead atoms. The number of rotatable bonds is 5. The van der Waals surface area contributed by atoms with Crippen molar-refractivity contribution in [2.24, 2.45) is 0 Å². The van der Waals surface area contributed by atoms with E-state index in [2.05, 4.69) is 10.4 Å². The monoisotopic (exact) mass is 418 g/mol. The zero-order chi connectivity index (χ0) is 19.9. The second kappa shape index (κ2) is 6.86. The van der Waals surface area contributed by atoms with Gasteiger partial charge in [0.2, 0.25) is 10.0 Å². The Balaban J connectivity index is 1.49.